The van der Waals surface area contributed by atoms with Crippen LogP contribution in [0.5, 0.6) is 0 Å². The van der Waals surface area contributed by atoms with E-state index in [4.69, 9.17) is 14.2 Å². The van der Waals surface area contributed by atoms with E-state index in [-0.39, 0.29) is 0 Å². The van der Waals surface area contributed by atoms with Gasteiger partial charge < -0.3 is 30.2 Å². The first-order valence-electron chi connectivity index (χ1n) is 7.87. The van der Waals surface area contributed by atoms with E-state index in [9.17, 15) is 4.79 Å². The van der Waals surface area contributed by atoms with E-state index in [2.05, 4.69) is 20.9 Å². The number of ether oxygens (including phenoxy) is 3. The molecule has 0 radical (unpaired) electrons. The third-order valence-electron chi connectivity index (χ3n) is 2.50. The van der Waals surface area contributed by atoms with E-state index in [1.54, 1.807) is 14.2 Å². The molecule has 0 spiro atoms. The number of aliphatic imine (C=N–C) groups is 1. The van der Waals surface area contributed by atoms with Gasteiger partial charge in [-0.25, -0.2) is 4.79 Å². The quantitative estimate of drug-likeness (QED) is 0.310. The molecular weight excluding hydrogens is 300 g/mol. The lowest BCUT2D eigenvalue weighted by molar-refractivity contribution is 0.0529. The van der Waals surface area contributed by atoms with Gasteiger partial charge in [-0.3, -0.25) is 4.99 Å². The molecule has 0 saturated carbocycles. The fraction of sp³-hybridized carbons (Fsp3) is 0.867. The number of nitrogens with zero attached hydrogens (tertiary/aromatic N) is 1. The number of carbonyl (C=O) groups excluding carboxylic acids is 1. The van der Waals surface area contributed by atoms with Crippen LogP contribution in [0.2, 0.25) is 0 Å². The van der Waals surface area contributed by atoms with Crippen LogP contribution in [0.4, 0.5) is 4.79 Å². The second-order valence-corrected chi connectivity index (χ2v) is 5.81. The highest BCUT2D eigenvalue weighted by Crippen LogP contribution is 2.05. The summed E-state index contributed by atoms with van der Waals surface area (Å²) in [6.07, 6.45) is 0.455. The molecule has 0 atom stereocenters. The van der Waals surface area contributed by atoms with Crippen molar-refractivity contribution in [1.29, 1.82) is 0 Å². The summed E-state index contributed by atoms with van der Waals surface area (Å²) < 4.78 is 15.4. The van der Waals surface area contributed by atoms with Crippen molar-refractivity contribution in [3.8, 4) is 0 Å². The van der Waals surface area contributed by atoms with Crippen molar-refractivity contribution in [2.75, 3.05) is 53.6 Å². The Bertz CT molecular complexity index is 343. The maximum absolute atomic E-state index is 11.5. The van der Waals surface area contributed by atoms with Gasteiger partial charge in [0.2, 0.25) is 0 Å². The first-order chi connectivity index (χ1) is 10.9. The van der Waals surface area contributed by atoms with Crippen molar-refractivity contribution < 1.29 is 19.0 Å². The number of methoxy groups -OCH3 is 1. The molecule has 0 heterocycles. The SMILES string of the molecule is CN=C(NCCCOCCOC)NCCNC(=O)OC(C)(C)C. The van der Waals surface area contributed by atoms with E-state index in [0.29, 0.717) is 38.9 Å². The van der Waals surface area contributed by atoms with Crippen molar-refractivity contribution in [3.63, 3.8) is 0 Å². The third-order valence-corrected chi connectivity index (χ3v) is 2.50. The molecule has 0 bridgehead atoms. The maximum Gasteiger partial charge on any atom is 0.407 e. The first-order valence-corrected chi connectivity index (χ1v) is 7.87. The van der Waals surface area contributed by atoms with Crippen LogP contribution in [0.25, 0.3) is 0 Å². The Kier molecular flexibility index (Phi) is 12.1. The summed E-state index contributed by atoms with van der Waals surface area (Å²) in [5.41, 5.74) is -0.486. The highest BCUT2D eigenvalue weighted by Gasteiger charge is 2.15. The minimum Gasteiger partial charge on any atom is -0.444 e. The number of rotatable bonds is 10. The molecule has 23 heavy (non-hydrogen) atoms. The molecule has 0 aliphatic heterocycles. The highest BCUT2D eigenvalue weighted by atomic mass is 16.6. The van der Waals surface area contributed by atoms with Crippen molar-refractivity contribution in [3.05, 3.63) is 0 Å². The lowest BCUT2D eigenvalue weighted by atomic mass is 10.2. The minimum absolute atomic E-state index is 0.421. The average Bonchev–Trinajstić information content (AvgIpc) is 2.46. The maximum atomic E-state index is 11.5. The second kappa shape index (κ2) is 13.0. The lowest BCUT2D eigenvalue weighted by Crippen LogP contribution is -2.42. The van der Waals surface area contributed by atoms with E-state index in [0.717, 1.165) is 13.0 Å². The fourth-order valence-corrected chi connectivity index (χ4v) is 1.51. The summed E-state index contributed by atoms with van der Waals surface area (Å²) >= 11 is 0. The molecule has 0 aromatic heterocycles. The number of amides is 1. The van der Waals surface area contributed by atoms with Gasteiger partial charge in [-0.1, -0.05) is 0 Å². The van der Waals surface area contributed by atoms with Crippen LogP contribution < -0.4 is 16.0 Å². The van der Waals surface area contributed by atoms with Crippen LogP contribution in [0.1, 0.15) is 27.2 Å². The van der Waals surface area contributed by atoms with Gasteiger partial charge in [0, 0.05) is 40.4 Å². The smallest absolute Gasteiger partial charge is 0.407 e. The molecule has 3 N–H and O–H groups in total. The summed E-state index contributed by atoms with van der Waals surface area (Å²) in [5.74, 6) is 0.688. The van der Waals surface area contributed by atoms with Crippen LogP contribution in [-0.4, -0.2) is 71.3 Å². The van der Waals surface area contributed by atoms with Gasteiger partial charge in [0.1, 0.15) is 5.60 Å². The van der Waals surface area contributed by atoms with Crippen molar-refractivity contribution in [2.45, 2.75) is 32.8 Å². The van der Waals surface area contributed by atoms with Gasteiger partial charge in [-0.15, -0.1) is 0 Å². The van der Waals surface area contributed by atoms with E-state index in [1.165, 1.54) is 0 Å². The largest absolute Gasteiger partial charge is 0.444 e. The van der Waals surface area contributed by atoms with Crippen LogP contribution in [0.15, 0.2) is 4.99 Å². The zero-order valence-electron chi connectivity index (χ0n) is 15.0. The third kappa shape index (κ3) is 15.1. The van der Waals surface area contributed by atoms with Gasteiger partial charge in [-0.05, 0) is 27.2 Å². The Hall–Kier alpha value is -1.54. The molecular formula is C15H32N4O4. The van der Waals surface area contributed by atoms with E-state index < -0.39 is 11.7 Å². The Morgan fingerprint density at radius 1 is 1.00 bits per heavy atom. The van der Waals surface area contributed by atoms with Gasteiger partial charge in [0.05, 0.1) is 13.2 Å². The van der Waals surface area contributed by atoms with Crippen molar-refractivity contribution >= 4 is 12.1 Å². The molecule has 0 aromatic carbocycles. The molecule has 0 saturated heterocycles. The summed E-state index contributed by atoms with van der Waals surface area (Å²) in [7, 11) is 3.35. The predicted molar refractivity (Wildman–Crippen MR) is 90.9 cm³/mol. The Balaban J connectivity index is 3.61. The zero-order valence-corrected chi connectivity index (χ0v) is 15.0. The predicted octanol–water partition coefficient (Wildman–Crippen LogP) is 0.729. The number of hydrogen-bond acceptors (Lipinski definition) is 5. The summed E-state index contributed by atoms with van der Waals surface area (Å²) in [4.78, 5) is 15.6. The number of nitrogens with one attached hydrogen (secondary N) is 3. The molecule has 1 amide bonds. The van der Waals surface area contributed by atoms with E-state index in [1.807, 2.05) is 20.8 Å². The molecule has 8 heteroatoms. The van der Waals surface area contributed by atoms with Gasteiger partial charge >= 0.3 is 6.09 Å². The van der Waals surface area contributed by atoms with Crippen LogP contribution >= 0.6 is 0 Å². The molecule has 0 aromatic rings. The molecule has 8 nitrogen and oxygen atoms in total. The minimum atomic E-state index is -0.486. The second-order valence-electron chi connectivity index (χ2n) is 5.81. The molecule has 136 valence electrons. The number of alkyl carbamates (subject to hydrolysis) is 1. The summed E-state index contributed by atoms with van der Waals surface area (Å²) in [5, 5.41) is 8.95. The first kappa shape index (κ1) is 21.5. The molecule has 0 aliphatic carbocycles. The highest BCUT2D eigenvalue weighted by molar-refractivity contribution is 5.79. The topological polar surface area (TPSA) is 93.2 Å². The molecule has 0 rings (SSSR count). The monoisotopic (exact) mass is 332 g/mol. The van der Waals surface area contributed by atoms with Crippen LogP contribution in [-0.2, 0) is 14.2 Å². The summed E-state index contributed by atoms with van der Waals surface area (Å²) in [6.45, 7) is 9.15. The molecule has 0 aliphatic rings. The lowest BCUT2D eigenvalue weighted by Gasteiger charge is -2.19. The number of carbonyl (C=O) groups is 1. The number of guanidine groups is 1. The van der Waals surface area contributed by atoms with Crippen molar-refractivity contribution in [1.82, 2.24) is 16.0 Å². The van der Waals surface area contributed by atoms with Crippen molar-refractivity contribution in [2.24, 2.45) is 4.99 Å². The standard InChI is InChI=1S/C15H32N4O4/c1-15(2,3)23-14(20)19-9-8-18-13(16-4)17-7-6-10-22-12-11-21-5/h6-12H2,1-5H3,(H,19,20)(H2,16,17,18). The average molecular weight is 332 g/mol. The van der Waals surface area contributed by atoms with Gasteiger partial charge in [-0.2, -0.15) is 0 Å². The molecule has 0 unspecified atom stereocenters. The van der Waals surface area contributed by atoms with E-state index >= 15 is 0 Å². The molecule has 0 fully saturated rings. The zero-order chi connectivity index (χ0) is 17.6. The van der Waals surface area contributed by atoms with Crippen LogP contribution in [0, 0.1) is 0 Å². The Morgan fingerprint density at radius 3 is 2.26 bits per heavy atom. The van der Waals surface area contributed by atoms with Gasteiger partial charge in [0.15, 0.2) is 5.96 Å². The normalized spacial score (nSPS) is 12.0. The Labute approximate surface area is 139 Å². The fourth-order valence-electron chi connectivity index (χ4n) is 1.51. The van der Waals surface area contributed by atoms with Gasteiger partial charge in [0.25, 0.3) is 0 Å². The summed E-state index contributed by atoms with van der Waals surface area (Å²) in [6, 6.07) is 0. The van der Waals surface area contributed by atoms with Crippen LogP contribution in [0.3, 0.4) is 0 Å². The Morgan fingerprint density at radius 2 is 1.65 bits per heavy atom. The number of hydrogen-bond donors (Lipinski definition) is 3.